The predicted molar refractivity (Wildman–Crippen MR) is 87.0 cm³/mol. The molecule has 0 amide bonds. The predicted octanol–water partition coefficient (Wildman–Crippen LogP) is 2.07. The van der Waals surface area contributed by atoms with Crippen molar-refractivity contribution in [2.75, 3.05) is 13.4 Å². The average Bonchev–Trinajstić information content (AvgIpc) is 2.54. The minimum atomic E-state index is -3.70. The largest absolute Gasteiger partial charge is 0.494 e. The number of oxime groups is 1. The molecule has 0 unspecified atom stereocenters. The standard InChI is InChI=1S/C16H15NO5S/c1-21-16-10-13(8-9-15(16)17-22-23(2,19)20)14(11-18)12-6-4-3-5-7-12/h3-11H,1-2H3. The number of carbonyl (C=O) groups excluding carboxylic acids is 1. The van der Waals surface area contributed by atoms with Gasteiger partial charge in [-0.2, -0.15) is 8.42 Å². The third kappa shape index (κ3) is 4.40. The lowest BCUT2D eigenvalue weighted by atomic mass is 9.97. The van der Waals surface area contributed by atoms with Gasteiger partial charge >= 0.3 is 10.1 Å². The number of hydrogen-bond donors (Lipinski definition) is 0. The van der Waals surface area contributed by atoms with E-state index in [2.05, 4.69) is 9.44 Å². The molecule has 0 spiro atoms. The number of allylic oxidation sites excluding steroid dienone is 5. The van der Waals surface area contributed by atoms with Crippen LogP contribution in [0.2, 0.25) is 0 Å². The highest BCUT2D eigenvalue weighted by Gasteiger charge is 2.15. The summed E-state index contributed by atoms with van der Waals surface area (Å²) in [6.07, 6.45) is 6.41. The fraction of sp³-hybridized carbons (Fsp3) is 0.125. The van der Waals surface area contributed by atoms with Gasteiger partial charge in [-0.15, -0.1) is 0 Å². The first kappa shape index (κ1) is 16.7. The maximum absolute atomic E-state index is 11.4. The summed E-state index contributed by atoms with van der Waals surface area (Å²) in [6.45, 7) is 0. The van der Waals surface area contributed by atoms with E-state index in [1.807, 2.05) is 30.3 Å². The molecule has 0 heterocycles. The van der Waals surface area contributed by atoms with Gasteiger partial charge in [0.25, 0.3) is 0 Å². The second-order valence-electron chi connectivity index (χ2n) is 4.65. The molecule has 23 heavy (non-hydrogen) atoms. The van der Waals surface area contributed by atoms with Gasteiger partial charge in [-0.25, -0.2) is 0 Å². The Labute approximate surface area is 134 Å². The van der Waals surface area contributed by atoms with E-state index in [1.54, 1.807) is 12.2 Å². The first-order chi connectivity index (χ1) is 10.9. The SMILES string of the molecule is COC1=CC(=C(C=O)c2ccccc2)C=CC1=NOS(C)(=O)=O. The van der Waals surface area contributed by atoms with Gasteiger partial charge in [0.05, 0.1) is 13.4 Å². The molecule has 1 aliphatic rings. The Morgan fingerprint density at radius 1 is 1.17 bits per heavy atom. The van der Waals surface area contributed by atoms with Crippen LogP contribution in [0.1, 0.15) is 5.56 Å². The van der Waals surface area contributed by atoms with E-state index >= 15 is 0 Å². The lowest BCUT2D eigenvalue weighted by Gasteiger charge is -2.13. The third-order valence-electron chi connectivity index (χ3n) is 2.96. The van der Waals surface area contributed by atoms with Crippen LogP contribution in [0.25, 0.3) is 5.57 Å². The Bertz CT molecular complexity index is 817. The maximum atomic E-state index is 11.4. The van der Waals surface area contributed by atoms with E-state index in [0.717, 1.165) is 18.1 Å². The van der Waals surface area contributed by atoms with Gasteiger partial charge in [-0.05, 0) is 23.3 Å². The number of aldehydes is 1. The molecular formula is C16H15NO5S. The van der Waals surface area contributed by atoms with Crippen molar-refractivity contribution >= 4 is 27.7 Å². The van der Waals surface area contributed by atoms with Crippen LogP contribution in [0.3, 0.4) is 0 Å². The molecule has 0 saturated heterocycles. The van der Waals surface area contributed by atoms with Crippen LogP contribution in [0, 0.1) is 0 Å². The molecule has 0 bridgehead atoms. The fourth-order valence-electron chi connectivity index (χ4n) is 1.95. The Morgan fingerprint density at radius 3 is 2.43 bits per heavy atom. The lowest BCUT2D eigenvalue weighted by Crippen LogP contribution is -2.09. The van der Waals surface area contributed by atoms with Crippen LogP contribution < -0.4 is 0 Å². The second-order valence-corrected chi connectivity index (χ2v) is 6.21. The highest BCUT2D eigenvalue weighted by Crippen LogP contribution is 2.23. The average molecular weight is 333 g/mol. The van der Waals surface area contributed by atoms with Crippen molar-refractivity contribution in [2.24, 2.45) is 5.16 Å². The molecule has 0 atom stereocenters. The number of nitrogens with zero attached hydrogens (tertiary/aromatic N) is 1. The van der Waals surface area contributed by atoms with Crippen molar-refractivity contribution < 1.29 is 22.2 Å². The third-order valence-corrected chi connectivity index (χ3v) is 3.31. The van der Waals surface area contributed by atoms with Gasteiger partial charge in [0.1, 0.15) is 11.5 Å². The van der Waals surface area contributed by atoms with Crippen molar-refractivity contribution in [3.63, 3.8) is 0 Å². The van der Waals surface area contributed by atoms with Crippen LogP contribution in [-0.2, 0) is 23.9 Å². The Morgan fingerprint density at radius 2 is 1.87 bits per heavy atom. The van der Waals surface area contributed by atoms with Crippen molar-refractivity contribution in [1.29, 1.82) is 0 Å². The van der Waals surface area contributed by atoms with Gasteiger partial charge in [-0.1, -0.05) is 41.6 Å². The van der Waals surface area contributed by atoms with Gasteiger partial charge in [0, 0.05) is 5.57 Å². The molecule has 0 aromatic heterocycles. The first-order valence-electron chi connectivity index (χ1n) is 6.60. The molecular weight excluding hydrogens is 318 g/mol. The van der Waals surface area contributed by atoms with Crippen molar-refractivity contribution in [3.05, 3.63) is 65.5 Å². The number of benzene rings is 1. The molecule has 6 nitrogen and oxygen atoms in total. The zero-order valence-corrected chi connectivity index (χ0v) is 13.4. The van der Waals surface area contributed by atoms with Crippen LogP contribution >= 0.6 is 0 Å². The Hall–Kier alpha value is -2.67. The quantitative estimate of drug-likeness (QED) is 0.468. The summed E-state index contributed by atoms with van der Waals surface area (Å²) < 4.78 is 31.6. The molecule has 2 rings (SSSR count). The summed E-state index contributed by atoms with van der Waals surface area (Å²) in [4.78, 5) is 11.4. The molecule has 120 valence electrons. The van der Waals surface area contributed by atoms with Gasteiger partial charge in [-0.3, -0.25) is 9.08 Å². The molecule has 0 N–H and O–H groups in total. The van der Waals surface area contributed by atoms with Gasteiger partial charge in [0.15, 0.2) is 6.29 Å². The summed E-state index contributed by atoms with van der Waals surface area (Å²) in [5.41, 5.74) is 2.09. The number of carbonyl (C=O) groups is 1. The van der Waals surface area contributed by atoms with Gasteiger partial charge in [0.2, 0.25) is 0 Å². The number of hydrogen-bond acceptors (Lipinski definition) is 6. The topological polar surface area (TPSA) is 82.0 Å². The van der Waals surface area contributed by atoms with E-state index in [0.29, 0.717) is 16.9 Å². The number of ether oxygens (including phenoxy) is 1. The molecule has 0 fully saturated rings. The smallest absolute Gasteiger partial charge is 0.325 e. The normalized spacial score (nSPS) is 18.3. The Kier molecular flexibility index (Phi) is 5.13. The minimum Gasteiger partial charge on any atom is -0.494 e. The van der Waals surface area contributed by atoms with E-state index in [4.69, 9.17) is 4.74 Å². The molecule has 1 aliphatic carbocycles. The number of methoxy groups -OCH3 is 1. The van der Waals surface area contributed by atoms with E-state index in [-0.39, 0.29) is 5.71 Å². The monoisotopic (exact) mass is 333 g/mol. The summed E-state index contributed by atoms with van der Waals surface area (Å²) in [5.74, 6) is 0.293. The van der Waals surface area contributed by atoms with Crippen molar-refractivity contribution in [1.82, 2.24) is 0 Å². The van der Waals surface area contributed by atoms with Crippen LogP contribution in [0.5, 0.6) is 0 Å². The Balaban J connectivity index is 2.43. The molecule has 1 aromatic rings. The summed E-state index contributed by atoms with van der Waals surface area (Å²) in [6, 6.07) is 9.17. The maximum Gasteiger partial charge on any atom is 0.325 e. The fourth-order valence-corrected chi connectivity index (χ4v) is 2.16. The van der Waals surface area contributed by atoms with Gasteiger partial charge < -0.3 is 4.74 Å². The molecule has 0 radical (unpaired) electrons. The molecule has 1 aromatic carbocycles. The number of rotatable bonds is 5. The van der Waals surface area contributed by atoms with Crippen molar-refractivity contribution in [2.45, 2.75) is 0 Å². The van der Waals surface area contributed by atoms with Crippen LogP contribution in [0.4, 0.5) is 0 Å². The zero-order valence-electron chi connectivity index (χ0n) is 12.6. The highest BCUT2D eigenvalue weighted by atomic mass is 32.2. The second kappa shape index (κ2) is 7.06. The summed E-state index contributed by atoms with van der Waals surface area (Å²) in [5, 5.41) is 3.54. The summed E-state index contributed by atoms with van der Waals surface area (Å²) in [7, 11) is -2.29. The van der Waals surface area contributed by atoms with Crippen LogP contribution in [0.15, 0.2) is 65.0 Å². The van der Waals surface area contributed by atoms with E-state index in [1.165, 1.54) is 13.2 Å². The lowest BCUT2D eigenvalue weighted by molar-refractivity contribution is -0.103. The van der Waals surface area contributed by atoms with Crippen molar-refractivity contribution in [3.8, 4) is 0 Å². The molecule has 0 aliphatic heterocycles. The summed E-state index contributed by atoms with van der Waals surface area (Å²) >= 11 is 0. The molecule has 0 saturated carbocycles. The van der Waals surface area contributed by atoms with E-state index in [9.17, 15) is 13.2 Å². The van der Waals surface area contributed by atoms with E-state index < -0.39 is 10.1 Å². The first-order valence-corrected chi connectivity index (χ1v) is 8.42. The molecule has 7 heteroatoms. The highest BCUT2D eigenvalue weighted by molar-refractivity contribution is 7.85. The zero-order chi connectivity index (χ0) is 16.9. The minimum absolute atomic E-state index is 0.208. The van der Waals surface area contributed by atoms with Crippen LogP contribution in [-0.4, -0.2) is 33.8 Å².